The third-order valence-electron chi connectivity index (χ3n) is 4.15. The summed E-state index contributed by atoms with van der Waals surface area (Å²) in [5, 5.41) is 16.9. The Morgan fingerprint density at radius 3 is 2.69 bits per heavy atom. The van der Waals surface area contributed by atoms with Crippen LogP contribution in [0, 0.1) is 0 Å². The molecular formula is C18H21N5O3. The minimum atomic E-state index is -1.18. The molecule has 1 aromatic carbocycles. The largest absolute Gasteiger partial charge is 0.497 e. The van der Waals surface area contributed by atoms with Gasteiger partial charge in [-0.05, 0) is 30.5 Å². The van der Waals surface area contributed by atoms with Crippen molar-refractivity contribution in [1.29, 1.82) is 0 Å². The van der Waals surface area contributed by atoms with Gasteiger partial charge in [-0.15, -0.1) is 0 Å². The van der Waals surface area contributed by atoms with Crippen LogP contribution < -0.4 is 10.1 Å². The molecule has 2 aromatic heterocycles. The second kappa shape index (κ2) is 6.99. The van der Waals surface area contributed by atoms with E-state index in [2.05, 4.69) is 20.4 Å². The molecule has 3 rings (SSSR count). The average molecular weight is 355 g/mol. The number of benzene rings is 1. The number of ether oxygens (including phenoxy) is 1. The van der Waals surface area contributed by atoms with E-state index < -0.39 is 5.97 Å². The number of hydrogen-bond acceptors (Lipinski definition) is 6. The van der Waals surface area contributed by atoms with Crippen LogP contribution in [0.5, 0.6) is 5.75 Å². The first-order chi connectivity index (χ1) is 12.4. The topological polar surface area (TPSA) is 102 Å². The molecule has 2 N–H and O–H groups in total. The quantitative estimate of drug-likeness (QED) is 0.700. The number of hydrogen-bond donors (Lipinski definition) is 2. The zero-order chi connectivity index (χ0) is 18.8. The van der Waals surface area contributed by atoms with Crippen LogP contribution in [0.1, 0.15) is 54.5 Å². The van der Waals surface area contributed by atoms with Crippen LogP contribution in [-0.4, -0.2) is 37.8 Å². The highest BCUT2D eigenvalue weighted by Gasteiger charge is 2.19. The molecule has 0 spiro atoms. The Kier molecular flexibility index (Phi) is 4.75. The average Bonchev–Trinajstić information content (AvgIpc) is 3.06. The second-order valence-corrected chi connectivity index (χ2v) is 6.31. The van der Waals surface area contributed by atoms with E-state index in [-0.39, 0.29) is 17.8 Å². The molecule has 2 heterocycles. The molecule has 0 aliphatic rings. The Labute approximate surface area is 150 Å². The predicted octanol–water partition coefficient (Wildman–Crippen LogP) is 3.13. The lowest BCUT2D eigenvalue weighted by molar-refractivity contribution is 0.0683. The summed E-state index contributed by atoms with van der Waals surface area (Å²) in [6.45, 7) is 5.97. The van der Waals surface area contributed by atoms with Gasteiger partial charge in [-0.2, -0.15) is 14.6 Å². The van der Waals surface area contributed by atoms with Gasteiger partial charge in [0.05, 0.1) is 19.3 Å². The molecule has 3 aromatic rings. The molecule has 0 aliphatic carbocycles. The Bertz CT molecular complexity index is 951. The fourth-order valence-corrected chi connectivity index (χ4v) is 2.68. The van der Waals surface area contributed by atoms with Gasteiger partial charge < -0.3 is 15.2 Å². The fourth-order valence-electron chi connectivity index (χ4n) is 2.68. The van der Waals surface area contributed by atoms with Gasteiger partial charge >= 0.3 is 5.97 Å². The summed E-state index contributed by atoms with van der Waals surface area (Å²) >= 11 is 0. The molecule has 136 valence electrons. The lowest BCUT2D eigenvalue weighted by atomic mass is 10.1. The minimum absolute atomic E-state index is 0.142. The summed E-state index contributed by atoms with van der Waals surface area (Å²) in [5.74, 6) is -0.209. The van der Waals surface area contributed by atoms with Gasteiger partial charge in [0.15, 0.2) is 5.65 Å². The van der Waals surface area contributed by atoms with Gasteiger partial charge in [0.25, 0.3) is 0 Å². The SMILES string of the molecule is COc1cccc([C@H](C)Nc2nc(C(=O)O)nc3c(C(C)C)cnn23)c1. The molecule has 0 saturated heterocycles. The van der Waals surface area contributed by atoms with E-state index in [1.54, 1.807) is 17.8 Å². The minimum Gasteiger partial charge on any atom is -0.497 e. The summed E-state index contributed by atoms with van der Waals surface area (Å²) in [5.41, 5.74) is 2.34. The molecule has 8 heteroatoms. The monoisotopic (exact) mass is 355 g/mol. The second-order valence-electron chi connectivity index (χ2n) is 6.31. The highest BCUT2D eigenvalue weighted by Crippen LogP contribution is 2.25. The highest BCUT2D eigenvalue weighted by molar-refractivity contribution is 5.84. The van der Waals surface area contributed by atoms with Gasteiger partial charge in [0, 0.05) is 5.56 Å². The number of carbonyl (C=O) groups is 1. The third-order valence-corrected chi connectivity index (χ3v) is 4.15. The first-order valence-electron chi connectivity index (χ1n) is 8.30. The molecule has 0 bridgehead atoms. The summed E-state index contributed by atoms with van der Waals surface area (Å²) in [7, 11) is 1.61. The van der Waals surface area contributed by atoms with Crippen molar-refractivity contribution in [2.75, 3.05) is 12.4 Å². The van der Waals surface area contributed by atoms with Crippen LogP contribution >= 0.6 is 0 Å². The Balaban J connectivity index is 2.04. The number of carboxylic acids is 1. The lowest BCUT2D eigenvalue weighted by Crippen LogP contribution is -2.16. The van der Waals surface area contributed by atoms with Crippen molar-refractivity contribution in [3.63, 3.8) is 0 Å². The zero-order valence-electron chi connectivity index (χ0n) is 15.1. The van der Waals surface area contributed by atoms with Crippen molar-refractivity contribution in [1.82, 2.24) is 19.6 Å². The summed E-state index contributed by atoms with van der Waals surface area (Å²) in [4.78, 5) is 19.7. The number of nitrogens with zero attached hydrogens (tertiary/aromatic N) is 4. The maximum absolute atomic E-state index is 11.4. The van der Waals surface area contributed by atoms with Gasteiger partial charge in [-0.25, -0.2) is 9.78 Å². The van der Waals surface area contributed by atoms with Crippen LogP contribution in [0.4, 0.5) is 5.95 Å². The molecule has 0 unspecified atom stereocenters. The maximum atomic E-state index is 11.4. The summed E-state index contributed by atoms with van der Waals surface area (Å²) < 4.78 is 6.80. The predicted molar refractivity (Wildman–Crippen MR) is 96.9 cm³/mol. The molecule has 8 nitrogen and oxygen atoms in total. The van der Waals surface area contributed by atoms with Crippen LogP contribution in [0.25, 0.3) is 5.65 Å². The number of methoxy groups -OCH3 is 1. The number of anilines is 1. The standard InChI is InChI=1S/C18H21N5O3/c1-10(2)14-9-19-23-16(14)21-15(17(24)25)22-18(23)20-11(3)12-6-5-7-13(8-12)26-4/h5-11H,1-4H3,(H,24,25)(H,20,21,22)/t11-/m0/s1. The van der Waals surface area contributed by atoms with Gasteiger partial charge in [-0.3, -0.25) is 0 Å². The first kappa shape index (κ1) is 17.7. The van der Waals surface area contributed by atoms with E-state index in [0.29, 0.717) is 11.6 Å². The van der Waals surface area contributed by atoms with Gasteiger partial charge in [-0.1, -0.05) is 26.0 Å². The molecule has 0 saturated carbocycles. The number of aromatic nitrogens is 4. The lowest BCUT2D eigenvalue weighted by Gasteiger charge is -2.16. The highest BCUT2D eigenvalue weighted by atomic mass is 16.5. The summed E-state index contributed by atoms with van der Waals surface area (Å²) in [6.07, 6.45) is 1.70. The number of carboxylic acid groups (broad SMARTS) is 1. The van der Waals surface area contributed by atoms with Crippen molar-refractivity contribution in [2.24, 2.45) is 0 Å². The van der Waals surface area contributed by atoms with Crippen LogP contribution in [0.3, 0.4) is 0 Å². The molecule has 26 heavy (non-hydrogen) atoms. The number of aromatic carboxylic acids is 1. The van der Waals surface area contributed by atoms with Crippen molar-refractivity contribution < 1.29 is 14.6 Å². The van der Waals surface area contributed by atoms with Crippen molar-refractivity contribution >= 4 is 17.6 Å². The Hall–Kier alpha value is -3.16. The van der Waals surface area contributed by atoms with E-state index in [0.717, 1.165) is 16.9 Å². The van der Waals surface area contributed by atoms with Crippen molar-refractivity contribution in [3.05, 3.63) is 47.4 Å². The van der Waals surface area contributed by atoms with E-state index in [1.165, 1.54) is 0 Å². The van der Waals surface area contributed by atoms with E-state index in [1.807, 2.05) is 45.0 Å². The van der Waals surface area contributed by atoms with Crippen LogP contribution in [0.2, 0.25) is 0 Å². The first-order valence-corrected chi connectivity index (χ1v) is 8.30. The van der Waals surface area contributed by atoms with Gasteiger partial charge in [0.2, 0.25) is 11.8 Å². The third kappa shape index (κ3) is 3.30. The fraction of sp³-hybridized carbons (Fsp3) is 0.333. The molecule has 0 radical (unpaired) electrons. The number of fused-ring (bicyclic) bond motifs is 1. The Morgan fingerprint density at radius 1 is 1.27 bits per heavy atom. The Morgan fingerprint density at radius 2 is 2.04 bits per heavy atom. The molecule has 0 aliphatic heterocycles. The number of rotatable bonds is 6. The van der Waals surface area contributed by atoms with Crippen LogP contribution in [-0.2, 0) is 0 Å². The van der Waals surface area contributed by atoms with Crippen molar-refractivity contribution in [2.45, 2.75) is 32.7 Å². The van der Waals surface area contributed by atoms with E-state index in [9.17, 15) is 9.90 Å². The van der Waals surface area contributed by atoms with Gasteiger partial charge in [0.1, 0.15) is 5.75 Å². The zero-order valence-corrected chi connectivity index (χ0v) is 15.1. The summed E-state index contributed by atoms with van der Waals surface area (Å²) in [6, 6.07) is 7.49. The molecular weight excluding hydrogens is 334 g/mol. The normalized spacial score (nSPS) is 12.3. The molecule has 0 fully saturated rings. The number of nitrogens with one attached hydrogen (secondary N) is 1. The van der Waals surface area contributed by atoms with E-state index >= 15 is 0 Å². The molecule has 0 amide bonds. The smallest absolute Gasteiger partial charge is 0.374 e. The molecule has 1 atom stereocenters. The maximum Gasteiger partial charge on any atom is 0.374 e. The van der Waals surface area contributed by atoms with Crippen molar-refractivity contribution in [3.8, 4) is 5.75 Å². The van der Waals surface area contributed by atoms with Crippen LogP contribution in [0.15, 0.2) is 30.5 Å². The van der Waals surface area contributed by atoms with E-state index in [4.69, 9.17) is 4.74 Å².